The van der Waals surface area contributed by atoms with Crippen LogP contribution in [0.1, 0.15) is 11.6 Å². The van der Waals surface area contributed by atoms with Crippen LogP contribution in [-0.4, -0.2) is 97.5 Å². The van der Waals surface area contributed by atoms with Crippen molar-refractivity contribution in [1.29, 1.82) is 0 Å². The molecule has 2 unspecified atom stereocenters. The first-order valence-corrected chi connectivity index (χ1v) is 19.1. The van der Waals surface area contributed by atoms with Gasteiger partial charge in [0.1, 0.15) is 41.4 Å². The number of nitrogens with zero attached hydrogens (tertiary/aromatic N) is 6. The molecule has 0 saturated carbocycles. The van der Waals surface area contributed by atoms with Crippen molar-refractivity contribution in [2.24, 2.45) is 0 Å². The van der Waals surface area contributed by atoms with Crippen molar-refractivity contribution in [3.8, 4) is 0 Å². The molecule has 4 aromatic rings. The number of hydrogen-bond donors (Lipinski definition) is 5. The van der Waals surface area contributed by atoms with Gasteiger partial charge in [0, 0.05) is 30.9 Å². The number of aromatic nitrogens is 6. The number of thioether (sulfide) groups is 1. The van der Waals surface area contributed by atoms with E-state index in [1.54, 1.807) is 10.6 Å². The number of fused-ring (bicyclic) bond motifs is 5. The number of aliphatic hydroxyl groups excluding tert-OH is 2. The molecule has 10 atom stereocenters. The van der Waals surface area contributed by atoms with Gasteiger partial charge in [-0.1, -0.05) is 0 Å². The Kier molecular flexibility index (Phi) is 7.99. The molecule has 3 saturated heterocycles. The summed E-state index contributed by atoms with van der Waals surface area (Å²) in [5, 5.41) is 21.1. The second-order valence-corrected chi connectivity index (χ2v) is 17.1. The zero-order valence-corrected chi connectivity index (χ0v) is 26.4. The monoisotopic (exact) mass is 705 g/mol. The van der Waals surface area contributed by atoms with Crippen molar-refractivity contribution in [2.45, 2.75) is 47.4 Å². The van der Waals surface area contributed by atoms with Gasteiger partial charge in [0.25, 0.3) is 5.56 Å². The Labute approximate surface area is 262 Å². The number of imidazole rings is 2. The van der Waals surface area contributed by atoms with E-state index in [1.165, 1.54) is 57.9 Å². The van der Waals surface area contributed by atoms with Gasteiger partial charge in [0.05, 0.1) is 30.5 Å². The highest BCUT2D eigenvalue weighted by molar-refractivity contribution is 8.07. The molecule has 22 heteroatoms. The van der Waals surface area contributed by atoms with E-state index in [0.29, 0.717) is 16.9 Å². The molecule has 17 nitrogen and oxygen atoms in total. The first kappa shape index (κ1) is 30.8. The molecule has 6 N–H and O–H groups in total. The predicted molar refractivity (Wildman–Crippen MR) is 162 cm³/mol. The summed E-state index contributed by atoms with van der Waals surface area (Å²) in [7, 11) is 0. The molecular weight excluding hydrogens is 680 g/mol. The number of nitrogen functional groups attached to an aromatic ring is 1. The molecule has 44 heavy (non-hydrogen) atoms. The molecule has 2 bridgehead atoms. The standard InChI is InChI=1S/C22H25N7O10P2S3/c23-10-1-3-24-19-14(10)26-9-29(19)21-16(32)17-12(44-21)8-36-41(34,43)39-18-15(31)11(7-35-40(33,42)38-17)37-20(18)28-5-2-13(30)27-6-4-25-22(27)28/h1-6,9,11-12,15-18,20-21,31-32H,7-8H2,(H2,23,24)(H,33,42)(H,34,43)/t11-,12-,15-,16-,17-,18-,20-,21-,40?,41?/m1/s1. The molecule has 0 radical (unpaired) electrons. The maximum atomic E-state index is 12.3. The third kappa shape index (κ3) is 5.46. The molecule has 3 aliphatic rings. The minimum Gasteiger partial charge on any atom is -0.397 e. The average Bonchev–Trinajstić information content (AvgIpc) is 3.75. The van der Waals surface area contributed by atoms with Gasteiger partial charge in [-0.15, -0.1) is 11.8 Å². The van der Waals surface area contributed by atoms with E-state index in [4.69, 9.17) is 52.2 Å². The average molecular weight is 706 g/mol. The summed E-state index contributed by atoms with van der Waals surface area (Å²) in [6, 6.07) is 2.87. The summed E-state index contributed by atoms with van der Waals surface area (Å²) >= 11 is 11.8. The summed E-state index contributed by atoms with van der Waals surface area (Å²) in [5.74, 6) is 0.169. The molecule has 4 aromatic heterocycles. The second-order valence-electron chi connectivity index (χ2n) is 10.2. The Morgan fingerprint density at radius 2 is 1.70 bits per heavy atom. The first-order chi connectivity index (χ1) is 20.9. The van der Waals surface area contributed by atoms with Crippen molar-refractivity contribution in [2.75, 3.05) is 18.9 Å². The maximum absolute atomic E-state index is 12.3. The summed E-state index contributed by atoms with van der Waals surface area (Å²) in [5.41, 5.74) is 6.93. The van der Waals surface area contributed by atoms with E-state index in [9.17, 15) is 24.8 Å². The van der Waals surface area contributed by atoms with E-state index in [1.807, 2.05) is 0 Å². The first-order valence-electron chi connectivity index (χ1n) is 13.0. The minimum absolute atomic E-state index is 0.169. The van der Waals surface area contributed by atoms with Gasteiger partial charge in [-0.2, -0.15) is 0 Å². The van der Waals surface area contributed by atoms with Gasteiger partial charge in [-0.3, -0.25) is 22.9 Å². The number of rotatable bonds is 2. The van der Waals surface area contributed by atoms with Crippen LogP contribution >= 0.6 is 25.2 Å². The van der Waals surface area contributed by atoms with E-state index in [2.05, 4.69) is 15.0 Å². The summed E-state index contributed by atoms with van der Waals surface area (Å²) in [6.07, 6.45) is -0.274. The molecule has 236 valence electrons. The van der Waals surface area contributed by atoms with Crippen molar-refractivity contribution in [1.82, 2.24) is 28.5 Å². The van der Waals surface area contributed by atoms with E-state index in [0.717, 1.165) is 0 Å². The summed E-state index contributed by atoms with van der Waals surface area (Å²) < 4.78 is 33.3. The van der Waals surface area contributed by atoms with Crippen LogP contribution in [0.3, 0.4) is 0 Å². The Balaban J connectivity index is 1.21. The van der Waals surface area contributed by atoms with Gasteiger partial charge in [0.15, 0.2) is 11.9 Å². The van der Waals surface area contributed by atoms with Crippen molar-refractivity contribution < 1.29 is 42.8 Å². The maximum Gasteiger partial charge on any atom is 0.325 e. The van der Waals surface area contributed by atoms with Crippen LogP contribution in [0.2, 0.25) is 0 Å². The SMILES string of the molecule is Nc1ccnc2c1ncn2[C@@H]1S[C@@H]2COP(O)(=S)O[C@@H]3[C@H](O)[C@@H](COP(O)(=S)O[C@H]2[C@H]1O)O[C@H]3n1ccc(=O)n2ccnc12. The third-order valence-corrected chi connectivity index (χ3v) is 12.1. The van der Waals surface area contributed by atoms with Gasteiger partial charge >= 0.3 is 13.4 Å². The highest BCUT2D eigenvalue weighted by Gasteiger charge is 2.52. The van der Waals surface area contributed by atoms with Crippen LogP contribution in [0.5, 0.6) is 0 Å². The largest absolute Gasteiger partial charge is 0.397 e. The molecule has 7 heterocycles. The quantitative estimate of drug-likeness (QED) is 0.173. The lowest BCUT2D eigenvalue weighted by Gasteiger charge is -2.29. The fourth-order valence-corrected chi connectivity index (χ4v) is 9.94. The number of aliphatic hydroxyl groups is 2. The minimum atomic E-state index is -4.10. The fraction of sp³-hybridized carbons (Fsp3) is 0.455. The highest BCUT2D eigenvalue weighted by Crippen LogP contribution is 2.56. The van der Waals surface area contributed by atoms with Crippen LogP contribution < -0.4 is 11.3 Å². The van der Waals surface area contributed by atoms with Gasteiger partial charge in [0.2, 0.25) is 5.78 Å². The van der Waals surface area contributed by atoms with Gasteiger partial charge < -0.3 is 44.0 Å². The Hall–Kier alpha value is -1.87. The molecule has 3 fully saturated rings. The third-order valence-electron chi connectivity index (χ3n) is 7.44. The van der Waals surface area contributed by atoms with Crippen molar-refractivity contribution in [3.63, 3.8) is 0 Å². The van der Waals surface area contributed by atoms with Crippen molar-refractivity contribution in [3.05, 3.63) is 53.6 Å². The zero-order valence-electron chi connectivity index (χ0n) is 22.2. The molecule has 0 aromatic carbocycles. The second kappa shape index (κ2) is 11.4. The lowest BCUT2D eigenvalue weighted by atomic mass is 10.1. The fourth-order valence-electron chi connectivity index (χ4n) is 5.40. The van der Waals surface area contributed by atoms with Crippen molar-refractivity contribution >= 4 is 71.4 Å². The topological polar surface area (TPSA) is 223 Å². The Morgan fingerprint density at radius 1 is 0.955 bits per heavy atom. The van der Waals surface area contributed by atoms with Crippen LogP contribution in [0.15, 0.2) is 48.0 Å². The lowest BCUT2D eigenvalue weighted by molar-refractivity contribution is -0.0532. The summed E-state index contributed by atoms with van der Waals surface area (Å²) in [6.45, 7) is -8.94. The van der Waals surface area contributed by atoms with E-state index < -0.39 is 67.4 Å². The Bertz CT molecular complexity index is 1890. The Morgan fingerprint density at radius 3 is 2.50 bits per heavy atom. The summed E-state index contributed by atoms with van der Waals surface area (Å²) in [4.78, 5) is 47.3. The lowest BCUT2D eigenvalue weighted by Crippen LogP contribution is -2.36. The van der Waals surface area contributed by atoms with Gasteiger partial charge in [-0.25, -0.2) is 15.0 Å². The number of anilines is 1. The molecule has 7 rings (SSSR count). The molecule has 0 amide bonds. The molecule has 0 aliphatic carbocycles. The van der Waals surface area contributed by atoms with Crippen LogP contribution in [-0.2, 0) is 46.4 Å². The zero-order chi connectivity index (χ0) is 31.0. The smallest absolute Gasteiger partial charge is 0.325 e. The number of hydrogen-bond acceptors (Lipinski definition) is 15. The van der Waals surface area contributed by atoms with Crippen LogP contribution in [0.25, 0.3) is 16.9 Å². The molecule has 0 spiro atoms. The van der Waals surface area contributed by atoms with E-state index in [-0.39, 0.29) is 17.9 Å². The molecular formula is C22H25N7O10P2S3. The predicted octanol–water partition coefficient (Wildman–Crippen LogP) is 0.00710. The number of nitrogens with two attached hydrogens (primary N) is 1. The number of ether oxygens (including phenoxy) is 1. The van der Waals surface area contributed by atoms with Gasteiger partial charge in [-0.05, 0) is 29.7 Å². The highest BCUT2D eigenvalue weighted by atomic mass is 32.5. The van der Waals surface area contributed by atoms with Crippen LogP contribution in [0.4, 0.5) is 5.69 Å². The number of pyridine rings is 1. The normalized spacial score (nSPS) is 38.3. The van der Waals surface area contributed by atoms with Crippen LogP contribution in [0, 0.1) is 0 Å². The van der Waals surface area contributed by atoms with E-state index >= 15 is 0 Å². The molecule has 3 aliphatic heterocycles.